The summed E-state index contributed by atoms with van der Waals surface area (Å²) >= 11 is 0. The van der Waals surface area contributed by atoms with E-state index in [1.165, 1.54) is 32.1 Å². The zero-order valence-electron chi connectivity index (χ0n) is 32.5. The van der Waals surface area contributed by atoms with Crippen LogP contribution in [0.2, 0.25) is 0 Å². The third-order valence-electron chi connectivity index (χ3n) is 10.2. The predicted molar refractivity (Wildman–Crippen MR) is 205 cm³/mol. The molecular formula is C39H62F2N8O3. The van der Waals surface area contributed by atoms with Gasteiger partial charge in [-0.05, 0) is 89.7 Å². The fraction of sp³-hybridized carbons (Fsp3) is 0.667. The molecule has 1 saturated carbocycles. The molecule has 0 bridgehead atoms. The Bertz CT molecular complexity index is 1650. The topological polar surface area (TPSA) is 115 Å². The van der Waals surface area contributed by atoms with E-state index in [2.05, 4.69) is 30.1 Å². The lowest BCUT2D eigenvalue weighted by Gasteiger charge is -2.35. The van der Waals surface area contributed by atoms with Gasteiger partial charge in [0.25, 0.3) is 0 Å². The number of ether oxygens (including phenoxy) is 2. The molecule has 3 aromatic rings. The Morgan fingerprint density at radius 2 is 1.75 bits per heavy atom. The van der Waals surface area contributed by atoms with E-state index >= 15 is 4.39 Å². The lowest BCUT2D eigenvalue weighted by Crippen LogP contribution is -2.50. The molecule has 11 nitrogen and oxygen atoms in total. The number of aromatic nitrogens is 4. The quantitative estimate of drug-likeness (QED) is 0.271. The number of aliphatic hydroxyl groups is 1. The zero-order chi connectivity index (χ0) is 37.7. The number of H-pyrrole nitrogens is 1. The monoisotopic (exact) mass is 728 g/mol. The number of piperidine rings is 1. The number of nitrogens with zero attached hydrogens (tertiary/aromatic N) is 6. The summed E-state index contributed by atoms with van der Waals surface area (Å²) in [6.45, 7) is 12.8. The van der Waals surface area contributed by atoms with E-state index < -0.39 is 6.04 Å². The van der Waals surface area contributed by atoms with Gasteiger partial charge in [0, 0.05) is 44.4 Å². The number of nitrogens with one attached hydrogen (secondary N) is 2. The Morgan fingerprint density at radius 1 is 1.04 bits per heavy atom. The molecule has 1 aromatic carbocycles. The number of hydrogen-bond donors (Lipinski definition) is 3. The fourth-order valence-electron chi connectivity index (χ4n) is 7.60. The minimum atomic E-state index is -0.617. The maximum absolute atomic E-state index is 16.8. The van der Waals surface area contributed by atoms with Gasteiger partial charge in [0.2, 0.25) is 0 Å². The van der Waals surface area contributed by atoms with Crippen LogP contribution in [-0.4, -0.2) is 114 Å². The first-order chi connectivity index (χ1) is 25.4. The summed E-state index contributed by atoms with van der Waals surface area (Å²) < 4.78 is 37.1. The molecule has 3 saturated heterocycles. The second-order valence-corrected chi connectivity index (χ2v) is 13.8. The molecule has 290 valence electrons. The van der Waals surface area contributed by atoms with E-state index in [-0.39, 0.29) is 24.2 Å². The van der Waals surface area contributed by atoms with Crippen LogP contribution in [0, 0.1) is 6.92 Å². The molecule has 2 unspecified atom stereocenters. The van der Waals surface area contributed by atoms with Crippen molar-refractivity contribution < 1.29 is 23.4 Å². The van der Waals surface area contributed by atoms with Crippen molar-refractivity contribution in [1.29, 1.82) is 0 Å². The van der Waals surface area contributed by atoms with Crippen molar-refractivity contribution in [2.24, 2.45) is 0 Å². The van der Waals surface area contributed by atoms with Crippen LogP contribution in [-0.2, 0) is 4.74 Å². The minimum absolute atomic E-state index is 0.0629. The van der Waals surface area contributed by atoms with Crippen molar-refractivity contribution in [3.8, 4) is 6.01 Å². The number of aliphatic hydroxyl groups excluding tert-OH is 1. The second kappa shape index (κ2) is 20.2. The van der Waals surface area contributed by atoms with E-state index in [0.29, 0.717) is 31.8 Å². The van der Waals surface area contributed by atoms with E-state index in [0.717, 1.165) is 84.9 Å². The van der Waals surface area contributed by atoms with Crippen molar-refractivity contribution >= 4 is 28.7 Å². The van der Waals surface area contributed by atoms with Crippen molar-refractivity contribution in [2.45, 2.75) is 103 Å². The molecule has 2 aromatic heterocycles. The van der Waals surface area contributed by atoms with Crippen molar-refractivity contribution in [2.75, 3.05) is 72.4 Å². The fourth-order valence-corrected chi connectivity index (χ4v) is 7.60. The molecule has 5 aliphatic rings. The Hall–Kier alpha value is -3.39. The highest BCUT2D eigenvalue weighted by Crippen LogP contribution is 2.39. The molecule has 13 heteroatoms. The Morgan fingerprint density at radius 3 is 2.37 bits per heavy atom. The standard InChI is InChI=1S/C30H39FN8O.C3H8O2.C3H6.C2H6.CH3F/c1-19-13-21(22-15-33-36-24(22)14-19)27-25(31)26-23(17-37(27)3)28(38-10-4-7-20(16-38)32-2)35-29(34-26)40-18-30-8-5-11-39(30)12-6-9-30;1-2-5-3-4;1-2-3-1;2*1-2/h13-15,17,20,27,32H,4-12,16,18H2,1-3H3,(H,33,36);4H,2-3H2,1H3;1-3H2;1-2H3;1H3. The number of aromatic amines is 1. The number of aryl methyl sites for hydroxylation is 1. The average Bonchev–Trinajstić information content (AvgIpc) is 3.74. The molecule has 6 heterocycles. The molecule has 8 rings (SSSR count). The van der Waals surface area contributed by atoms with Gasteiger partial charge in [0.05, 0.1) is 29.6 Å². The van der Waals surface area contributed by atoms with Gasteiger partial charge in [-0.2, -0.15) is 15.1 Å². The van der Waals surface area contributed by atoms with Crippen LogP contribution in [0.25, 0.3) is 22.9 Å². The Balaban J connectivity index is 0.000000442. The minimum Gasteiger partial charge on any atom is -0.461 e. The van der Waals surface area contributed by atoms with Gasteiger partial charge in [0.1, 0.15) is 30.6 Å². The number of anilines is 1. The van der Waals surface area contributed by atoms with E-state index in [1.807, 2.05) is 65.0 Å². The molecule has 0 radical (unpaired) electrons. The van der Waals surface area contributed by atoms with E-state index in [4.69, 9.17) is 19.8 Å². The van der Waals surface area contributed by atoms with Crippen LogP contribution in [0.3, 0.4) is 0 Å². The summed E-state index contributed by atoms with van der Waals surface area (Å²) in [5.41, 5.74) is 2.88. The summed E-state index contributed by atoms with van der Waals surface area (Å²) in [5.74, 6) is 0.468. The van der Waals surface area contributed by atoms with Crippen molar-refractivity contribution in [3.05, 3.63) is 40.0 Å². The smallest absolute Gasteiger partial charge is 0.319 e. The van der Waals surface area contributed by atoms with Crippen LogP contribution >= 0.6 is 0 Å². The van der Waals surface area contributed by atoms with Crippen LogP contribution in [0.4, 0.5) is 14.6 Å². The highest BCUT2D eigenvalue weighted by atomic mass is 19.1. The first-order valence-corrected chi connectivity index (χ1v) is 19.2. The Kier molecular flexibility index (Phi) is 16.0. The van der Waals surface area contributed by atoms with Crippen molar-refractivity contribution in [1.82, 2.24) is 35.3 Å². The number of fused-ring (bicyclic) bond motifs is 3. The van der Waals surface area contributed by atoms with Gasteiger partial charge >= 0.3 is 6.01 Å². The van der Waals surface area contributed by atoms with Crippen LogP contribution < -0.4 is 25.5 Å². The summed E-state index contributed by atoms with van der Waals surface area (Å²) in [5, 5.41) is 20.5. The number of halogens is 2. The number of benzene rings is 1. The molecule has 52 heavy (non-hydrogen) atoms. The normalized spacial score (nSPS) is 21.2. The van der Waals surface area contributed by atoms with Gasteiger partial charge in [-0.3, -0.25) is 14.4 Å². The number of rotatable bonds is 8. The average molecular weight is 729 g/mol. The number of hydrogen-bond acceptors (Lipinski definition) is 10. The van der Waals surface area contributed by atoms with Crippen LogP contribution in [0.15, 0.2) is 18.3 Å². The third-order valence-corrected chi connectivity index (χ3v) is 10.2. The summed E-state index contributed by atoms with van der Waals surface area (Å²) in [4.78, 5) is 16.5. The molecule has 0 spiro atoms. The molecule has 0 amide bonds. The molecule has 4 fully saturated rings. The molecule has 2 atom stereocenters. The van der Waals surface area contributed by atoms with Gasteiger partial charge in [-0.25, -0.2) is 4.39 Å². The summed E-state index contributed by atoms with van der Waals surface area (Å²) in [6.07, 6.45) is 15.1. The third kappa shape index (κ3) is 9.77. The van der Waals surface area contributed by atoms with Gasteiger partial charge in [-0.15, -0.1) is 0 Å². The predicted octanol–water partition coefficient (Wildman–Crippen LogP) is 5.11. The molecular weight excluding hydrogens is 666 g/mol. The maximum atomic E-state index is 16.8. The van der Waals surface area contributed by atoms with Crippen LogP contribution in [0.5, 0.6) is 6.01 Å². The van der Waals surface area contributed by atoms with Crippen molar-refractivity contribution in [3.63, 3.8) is 0 Å². The first-order valence-electron chi connectivity index (χ1n) is 19.2. The van der Waals surface area contributed by atoms with E-state index in [9.17, 15) is 4.39 Å². The lowest BCUT2D eigenvalue weighted by molar-refractivity contribution is 0.00539. The zero-order valence-corrected chi connectivity index (χ0v) is 32.5. The molecule has 3 N–H and O–H groups in total. The van der Waals surface area contributed by atoms with Gasteiger partial charge in [-0.1, -0.05) is 39.2 Å². The summed E-state index contributed by atoms with van der Waals surface area (Å²) in [6, 6.07) is 4.11. The largest absolute Gasteiger partial charge is 0.461 e. The SMILES string of the molecule is C1CC1.CC.CCOCO.CF.CNC1CCCN(c2nc(OCC34CCCN3CCC4)nc3c2=CN(C)C(c2cc(C)cc4[nH]ncc24)C=3F)C1. The van der Waals surface area contributed by atoms with Crippen LogP contribution in [0.1, 0.15) is 95.7 Å². The number of alkyl halides is 1. The maximum Gasteiger partial charge on any atom is 0.319 e. The number of likely N-dealkylation sites (N-methyl/N-ethyl adjacent to an activating group) is 1. The highest BCUT2D eigenvalue weighted by molar-refractivity contribution is 5.84. The molecule has 4 aliphatic heterocycles. The Labute approximate surface area is 308 Å². The highest BCUT2D eigenvalue weighted by Gasteiger charge is 2.45. The van der Waals surface area contributed by atoms with Gasteiger partial charge < -0.3 is 29.7 Å². The second-order valence-electron chi connectivity index (χ2n) is 13.8. The molecule has 1 aliphatic carbocycles. The lowest BCUT2D eigenvalue weighted by atomic mass is 9.95. The first kappa shape index (κ1) is 41.4. The van der Waals surface area contributed by atoms with Gasteiger partial charge in [0.15, 0.2) is 5.83 Å². The van der Waals surface area contributed by atoms with E-state index in [1.54, 1.807) is 6.20 Å². The summed E-state index contributed by atoms with van der Waals surface area (Å²) in [7, 11) is 4.43.